The summed E-state index contributed by atoms with van der Waals surface area (Å²) in [5, 5.41) is 5.87. The molecule has 1 unspecified atom stereocenters. The van der Waals surface area contributed by atoms with Gasteiger partial charge in [-0.2, -0.15) is 0 Å². The van der Waals surface area contributed by atoms with Crippen LogP contribution in [0.2, 0.25) is 10.0 Å². The van der Waals surface area contributed by atoms with Crippen LogP contribution in [-0.2, 0) is 19.6 Å². The number of halogens is 2. The van der Waals surface area contributed by atoms with Crippen LogP contribution in [0.15, 0.2) is 84.0 Å². The highest BCUT2D eigenvalue weighted by Gasteiger charge is 2.37. The van der Waals surface area contributed by atoms with E-state index in [0.29, 0.717) is 10.0 Å². The largest absolute Gasteiger partial charge is 0.335 e. The molecule has 0 saturated carbocycles. The number of hydrogen-bond acceptors (Lipinski definition) is 3. The lowest BCUT2D eigenvalue weighted by atomic mass is 9.79. The minimum atomic E-state index is -0.723. The first-order valence-electron chi connectivity index (χ1n) is 11.6. The maximum atomic E-state index is 12.9. The first-order valence-corrected chi connectivity index (χ1v) is 12.3. The van der Waals surface area contributed by atoms with Crippen molar-refractivity contribution in [2.45, 2.75) is 12.5 Å². The van der Waals surface area contributed by atoms with E-state index in [2.05, 4.69) is 22.4 Å². The Labute approximate surface area is 219 Å². The third-order valence-electron chi connectivity index (χ3n) is 7.09. The van der Waals surface area contributed by atoms with E-state index in [1.807, 2.05) is 80.3 Å². The van der Waals surface area contributed by atoms with Crippen LogP contribution in [0.3, 0.4) is 0 Å². The Morgan fingerprint density at radius 1 is 0.917 bits per heavy atom. The zero-order valence-corrected chi connectivity index (χ0v) is 22.0. The van der Waals surface area contributed by atoms with Gasteiger partial charge in [0.05, 0.1) is 23.7 Å². The van der Waals surface area contributed by atoms with Crippen LogP contribution in [-0.4, -0.2) is 21.2 Å². The smallest absolute Gasteiger partial charge is 0.251 e. The molecule has 1 N–H and O–H groups in total. The van der Waals surface area contributed by atoms with E-state index >= 15 is 0 Å². The Hall–Kier alpha value is -3.38. The van der Waals surface area contributed by atoms with Gasteiger partial charge in [0, 0.05) is 35.6 Å². The van der Waals surface area contributed by atoms with Gasteiger partial charge < -0.3 is 14.5 Å². The maximum Gasteiger partial charge on any atom is 0.251 e. The van der Waals surface area contributed by atoms with Gasteiger partial charge >= 0.3 is 0 Å². The predicted molar refractivity (Wildman–Crippen MR) is 148 cm³/mol. The number of pyridine rings is 1. The van der Waals surface area contributed by atoms with E-state index in [0.717, 1.165) is 44.4 Å². The summed E-state index contributed by atoms with van der Waals surface area (Å²) in [7, 11) is 5.72. The van der Waals surface area contributed by atoms with Crippen molar-refractivity contribution in [3.05, 3.63) is 122 Å². The standard InChI is InChI=1S/C29H26Cl2N4O/c1-18-22(6-5-7-25(18)31)23-15-28(36)35(4)26-13-10-20(14-24(23)26)29(32-2,27-16-33-17-34(27)3)19-8-11-21(30)12-9-19/h5-17,32H,1-4H3. The molecule has 5 rings (SSSR count). The third-order valence-corrected chi connectivity index (χ3v) is 7.75. The van der Waals surface area contributed by atoms with Crippen molar-refractivity contribution in [2.75, 3.05) is 7.05 Å². The number of hydrogen-bond donors (Lipinski definition) is 1. The lowest BCUT2D eigenvalue weighted by Gasteiger charge is -2.35. The van der Waals surface area contributed by atoms with Gasteiger partial charge in [-0.05, 0) is 72.1 Å². The second kappa shape index (κ2) is 9.25. The summed E-state index contributed by atoms with van der Waals surface area (Å²) in [5.41, 5.74) is 5.75. The Morgan fingerprint density at radius 3 is 2.31 bits per heavy atom. The fourth-order valence-electron chi connectivity index (χ4n) is 5.11. The van der Waals surface area contributed by atoms with Crippen LogP contribution < -0.4 is 10.9 Å². The first kappa shape index (κ1) is 24.3. The molecule has 182 valence electrons. The average Bonchev–Trinajstić information content (AvgIpc) is 3.31. The van der Waals surface area contributed by atoms with Crippen LogP contribution >= 0.6 is 23.2 Å². The lowest BCUT2D eigenvalue weighted by Crippen LogP contribution is -2.43. The van der Waals surface area contributed by atoms with Crippen molar-refractivity contribution in [1.29, 1.82) is 0 Å². The molecule has 0 amide bonds. The van der Waals surface area contributed by atoms with E-state index in [1.165, 1.54) is 0 Å². The van der Waals surface area contributed by atoms with E-state index in [-0.39, 0.29) is 5.56 Å². The molecule has 0 aliphatic rings. The summed E-state index contributed by atoms with van der Waals surface area (Å²) >= 11 is 12.7. The summed E-state index contributed by atoms with van der Waals surface area (Å²) in [6, 6.07) is 21.5. The van der Waals surface area contributed by atoms with Gasteiger partial charge in [0.1, 0.15) is 5.54 Å². The van der Waals surface area contributed by atoms with Crippen molar-refractivity contribution >= 4 is 34.1 Å². The summed E-state index contributed by atoms with van der Waals surface area (Å²) in [5.74, 6) is 0. The van der Waals surface area contributed by atoms with Gasteiger partial charge in [-0.25, -0.2) is 4.98 Å². The van der Waals surface area contributed by atoms with Gasteiger partial charge in [0.2, 0.25) is 0 Å². The minimum Gasteiger partial charge on any atom is -0.335 e. The van der Waals surface area contributed by atoms with E-state index in [1.54, 1.807) is 24.0 Å². The lowest BCUT2D eigenvalue weighted by molar-refractivity contribution is 0.493. The van der Waals surface area contributed by atoms with Gasteiger partial charge in [0.15, 0.2) is 0 Å². The fraction of sp³-hybridized carbons (Fsp3) is 0.172. The second-order valence-corrected chi connectivity index (χ2v) is 9.84. The highest BCUT2D eigenvalue weighted by molar-refractivity contribution is 6.31. The Morgan fingerprint density at radius 2 is 1.64 bits per heavy atom. The highest BCUT2D eigenvalue weighted by atomic mass is 35.5. The quantitative estimate of drug-likeness (QED) is 0.308. The van der Waals surface area contributed by atoms with Crippen molar-refractivity contribution in [2.24, 2.45) is 14.1 Å². The molecular weight excluding hydrogens is 491 g/mol. The molecule has 0 fully saturated rings. The molecule has 0 radical (unpaired) electrons. The van der Waals surface area contributed by atoms with E-state index in [4.69, 9.17) is 23.2 Å². The second-order valence-electron chi connectivity index (χ2n) is 9.00. The molecule has 5 aromatic rings. The Kier molecular flexibility index (Phi) is 6.25. The number of benzene rings is 3. The molecule has 1 atom stereocenters. The molecule has 2 aromatic heterocycles. The van der Waals surface area contributed by atoms with Gasteiger partial charge in [-0.15, -0.1) is 0 Å². The van der Waals surface area contributed by atoms with E-state index < -0.39 is 5.54 Å². The molecule has 7 heteroatoms. The number of fused-ring (bicyclic) bond motifs is 1. The number of rotatable bonds is 5. The fourth-order valence-corrected chi connectivity index (χ4v) is 5.41. The summed E-state index contributed by atoms with van der Waals surface area (Å²) in [6.07, 6.45) is 3.67. The third kappa shape index (κ3) is 3.75. The molecule has 0 spiro atoms. The number of aryl methyl sites for hydroxylation is 2. The topological polar surface area (TPSA) is 51.9 Å². The Balaban J connectivity index is 1.88. The number of nitrogens with zero attached hydrogens (tertiary/aromatic N) is 3. The summed E-state index contributed by atoms with van der Waals surface area (Å²) in [6.45, 7) is 1.98. The molecule has 2 heterocycles. The van der Waals surface area contributed by atoms with Crippen LogP contribution in [0.4, 0.5) is 0 Å². The van der Waals surface area contributed by atoms with Crippen molar-refractivity contribution in [1.82, 2.24) is 19.4 Å². The van der Waals surface area contributed by atoms with Gasteiger partial charge in [0.25, 0.3) is 5.56 Å². The molecule has 3 aromatic carbocycles. The molecule has 0 aliphatic heterocycles. The molecular formula is C29H26Cl2N4O. The van der Waals surface area contributed by atoms with Gasteiger partial charge in [-0.1, -0.05) is 53.5 Å². The minimum absolute atomic E-state index is 0.0751. The number of imidazole rings is 1. The van der Waals surface area contributed by atoms with Gasteiger partial charge in [-0.3, -0.25) is 4.79 Å². The molecule has 0 saturated heterocycles. The van der Waals surface area contributed by atoms with Crippen LogP contribution in [0.1, 0.15) is 22.4 Å². The summed E-state index contributed by atoms with van der Waals surface area (Å²) in [4.78, 5) is 17.4. The normalized spacial score (nSPS) is 13.2. The number of nitrogens with one attached hydrogen (secondary N) is 1. The molecule has 5 nitrogen and oxygen atoms in total. The van der Waals surface area contributed by atoms with Crippen LogP contribution in [0.5, 0.6) is 0 Å². The number of aromatic nitrogens is 3. The zero-order chi connectivity index (χ0) is 25.6. The molecule has 0 bridgehead atoms. The van der Waals surface area contributed by atoms with E-state index in [9.17, 15) is 4.79 Å². The maximum absolute atomic E-state index is 12.9. The SMILES string of the molecule is CNC(c1ccc(Cl)cc1)(c1ccc2c(c1)c(-c1cccc(Cl)c1C)cc(=O)n2C)c1cncn1C. The Bertz CT molecular complexity index is 1650. The first-order chi connectivity index (χ1) is 17.3. The summed E-state index contributed by atoms with van der Waals surface area (Å²) < 4.78 is 3.69. The van der Waals surface area contributed by atoms with Crippen molar-refractivity contribution in [3.63, 3.8) is 0 Å². The van der Waals surface area contributed by atoms with Crippen molar-refractivity contribution < 1.29 is 0 Å². The van der Waals surface area contributed by atoms with Crippen molar-refractivity contribution in [3.8, 4) is 11.1 Å². The van der Waals surface area contributed by atoms with Crippen LogP contribution in [0.25, 0.3) is 22.0 Å². The highest BCUT2D eigenvalue weighted by Crippen LogP contribution is 2.40. The van der Waals surface area contributed by atoms with Crippen LogP contribution in [0, 0.1) is 6.92 Å². The molecule has 0 aliphatic carbocycles. The monoisotopic (exact) mass is 516 g/mol. The zero-order valence-electron chi connectivity index (χ0n) is 20.5. The molecule has 36 heavy (non-hydrogen) atoms. The predicted octanol–water partition coefficient (Wildman–Crippen LogP) is 6.07. The average molecular weight is 517 g/mol.